The number of aryl methyl sites for hydroxylation is 2. The van der Waals surface area contributed by atoms with Crippen LogP contribution in [-0.4, -0.2) is 33.4 Å². The van der Waals surface area contributed by atoms with Crippen molar-refractivity contribution in [1.29, 1.82) is 0 Å². The molecule has 162 valence electrons. The lowest BCUT2D eigenvalue weighted by Gasteiger charge is -2.30. The second-order valence-electron chi connectivity index (χ2n) is 9.24. The monoisotopic (exact) mass is 424 g/mol. The molecule has 0 radical (unpaired) electrons. The average Bonchev–Trinajstić information content (AvgIpc) is 3.37. The molecule has 1 aromatic heterocycles. The minimum absolute atomic E-state index is 0.0494. The molecule has 2 N–H and O–H groups in total. The number of likely N-dealkylation sites (tertiary alicyclic amines) is 1. The van der Waals surface area contributed by atoms with Crippen LogP contribution < -0.4 is 0 Å². The number of nitrogens with zero attached hydrogens (tertiary/aromatic N) is 1. The van der Waals surface area contributed by atoms with Crippen molar-refractivity contribution in [3.05, 3.63) is 70.4 Å². The molecule has 2 aromatic carbocycles. The summed E-state index contributed by atoms with van der Waals surface area (Å²) in [6, 6.07) is 10.9. The summed E-state index contributed by atoms with van der Waals surface area (Å²) < 4.78 is 28.5. The fourth-order valence-corrected chi connectivity index (χ4v) is 5.89. The molecule has 1 saturated carbocycles. The third-order valence-corrected chi connectivity index (χ3v) is 7.20. The summed E-state index contributed by atoms with van der Waals surface area (Å²) >= 11 is 0. The quantitative estimate of drug-likeness (QED) is 0.565. The van der Waals surface area contributed by atoms with Gasteiger partial charge in [-0.3, -0.25) is 4.90 Å². The smallest absolute Gasteiger partial charge is 0.335 e. The molecule has 3 atom stereocenters. The second kappa shape index (κ2) is 7.16. The number of carbonyl (C=O) groups is 1. The maximum atomic E-state index is 14.3. The van der Waals surface area contributed by atoms with Crippen LogP contribution in [0.4, 0.5) is 8.78 Å². The zero-order chi connectivity index (χ0) is 21.9. The molecule has 6 heteroatoms. The van der Waals surface area contributed by atoms with Crippen molar-refractivity contribution in [2.75, 3.05) is 6.54 Å². The molecular weight excluding hydrogens is 398 g/mol. The first-order valence-corrected chi connectivity index (χ1v) is 10.7. The Balaban J connectivity index is 1.53. The van der Waals surface area contributed by atoms with Crippen LogP contribution in [-0.2, 0) is 6.54 Å². The van der Waals surface area contributed by atoms with Crippen LogP contribution in [0.5, 0.6) is 0 Å². The van der Waals surface area contributed by atoms with Gasteiger partial charge in [0.05, 0.1) is 5.56 Å². The van der Waals surface area contributed by atoms with Crippen molar-refractivity contribution in [2.45, 2.75) is 45.2 Å². The first-order valence-electron chi connectivity index (χ1n) is 10.7. The number of carboxylic acids is 1. The largest absolute Gasteiger partial charge is 0.478 e. The summed E-state index contributed by atoms with van der Waals surface area (Å²) in [5, 5.41) is 10.4. The topological polar surface area (TPSA) is 56.3 Å². The number of hydrogen-bond acceptors (Lipinski definition) is 2. The molecule has 1 aliphatic heterocycles. The Morgan fingerprint density at radius 2 is 1.90 bits per heavy atom. The van der Waals surface area contributed by atoms with Crippen molar-refractivity contribution in [2.24, 2.45) is 11.8 Å². The Bertz CT molecular complexity index is 1150. The summed E-state index contributed by atoms with van der Waals surface area (Å²) in [4.78, 5) is 16.9. The lowest BCUT2D eigenvalue weighted by molar-refractivity contribution is -0.00719. The molecule has 0 amide bonds. The van der Waals surface area contributed by atoms with Crippen LogP contribution >= 0.6 is 0 Å². The molecule has 2 fully saturated rings. The highest BCUT2D eigenvalue weighted by molar-refractivity contribution is 5.88. The number of benzene rings is 2. The van der Waals surface area contributed by atoms with Gasteiger partial charge in [-0.05, 0) is 66.1 Å². The Kier molecular flexibility index (Phi) is 4.66. The van der Waals surface area contributed by atoms with E-state index < -0.39 is 11.9 Å². The summed E-state index contributed by atoms with van der Waals surface area (Å²) in [6.45, 7) is 5.51. The zero-order valence-electron chi connectivity index (χ0n) is 17.7. The Labute approximate surface area is 179 Å². The van der Waals surface area contributed by atoms with Gasteiger partial charge in [0.1, 0.15) is 0 Å². The molecule has 5 rings (SSSR count). The highest BCUT2D eigenvalue weighted by atomic mass is 19.3. The summed E-state index contributed by atoms with van der Waals surface area (Å²) in [5.74, 6) is -3.77. The SMILES string of the molecule is Cc1cc(C)c2[nH]ccc2c1CN1C[C@@H]2CC(F)(F)C[C@@H]2C1c1ccc(C(=O)O)cc1. The maximum absolute atomic E-state index is 14.3. The average molecular weight is 424 g/mol. The van der Waals surface area contributed by atoms with Crippen molar-refractivity contribution < 1.29 is 18.7 Å². The van der Waals surface area contributed by atoms with Gasteiger partial charge in [-0.25, -0.2) is 13.6 Å². The second-order valence-corrected chi connectivity index (χ2v) is 9.24. The third kappa shape index (κ3) is 3.43. The molecule has 31 heavy (non-hydrogen) atoms. The number of rotatable bonds is 4. The van der Waals surface area contributed by atoms with E-state index in [0.717, 1.165) is 11.1 Å². The van der Waals surface area contributed by atoms with Crippen LogP contribution in [0.3, 0.4) is 0 Å². The van der Waals surface area contributed by atoms with Crippen molar-refractivity contribution in [3.63, 3.8) is 0 Å². The van der Waals surface area contributed by atoms with Crippen LogP contribution in [0.25, 0.3) is 10.9 Å². The maximum Gasteiger partial charge on any atom is 0.335 e. The van der Waals surface area contributed by atoms with E-state index in [0.29, 0.717) is 13.1 Å². The Morgan fingerprint density at radius 3 is 2.61 bits per heavy atom. The summed E-state index contributed by atoms with van der Waals surface area (Å²) in [6.07, 6.45) is 1.78. The van der Waals surface area contributed by atoms with Gasteiger partial charge < -0.3 is 10.1 Å². The van der Waals surface area contributed by atoms with Gasteiger partial charge in [-0.1, -0.05) is 18.2 Å². The summed E-state index contributed by atoms with van der Waals surface area (Å²) in [7, 11) is 0. The van der Waals surface area contributed by atoms with E-state index >= 15 is 0 Å². The van der Waals surface area contributed by atoms with E-state index in [-0.39, 0.29) is 36.3 Å². The predicted octanol–water partition coefficient (Wildman–Crippen LogP) is 5.70. The van der Waals surface area contributed by atoms with Crippen molar-refractivity contribution >= 4 is 16.9 Å². The number of fused-ring (bicyclic) bond motifs is 2. The van der Waals surface area contributed by atoms with E-state index in [4.69, 9.17) is 0 Å². The molecular formula is C25H26F2N2O2. The number of halogens is 2. The van der Waals surface area contributed by atoms with Crippen molar-refractivity contribution in [1.82, 2.24) is 9.88 Å². The Hall–Kier alpha value is -2.73. The zero-order valence-corrected chi connectivity index (χ0v) is 17.7. The van der Waals surface area contributed by atoms with Gasteiger partial charge in [-0.2, -0.15) is 0 Å². The van der Waals surface area contributed by atoms with E-state index in [9.17, 15) is 18.7 Å². The fraction of sp³-hybridized carbons (Fsp3) is 0.400. The molecule has 3 aromatic rings. The van der Waals surface area contributed by atoms with Crippen LogP contribution in [0.1, 0.15) is 51.5 Å². The van der Waals surface area contributed by atoms with Crippen LogP contribution in [0.2, 0.25) is 0 Å². The van der Waals surface area contributed by atoms with Gasteiger partial charge in [0.25, 0.3) is 0 Å². The lowest BCUT2D eigenvalue weighted by atomic mass is 9.88. The fourth-order valence-electron chi connectivity index (χ4n) is 5.89. The Morgan fingerprint density at radius 1 is 1.16 bits per heavy atom. The molecule has 1 aliphatic carbocycles. The first-order chi connectivity index (χ1) is 14.7. The van der Waals surface area contributed by atoms with Crippen molar-refractivity contribution in [3.8, 4) is 0 Å². The standard InChI is InChI=1S/C25H26F2N2O2/c1-14-9-15(2)22-19(7-8-28-22)21(14)13-29-12-18-10-25(26,27)11-20(18)23(29)16-3-5-17(6-4-16)24(30)31/h3-9,18,20,23,28H,10-13H2,1-2H3,(H,30,31)/t18-,20-,23?/m0/s1. The molecule has 1 saturated heterocycles. The minimum atomic E-state index is -2.62. The highest BCUT2D eigenvalue weighted by Crippen LogP contribution is 2.55. The molecule has 1 unspecified atom stereocenters. The van der Waals surface area contributed by atoms with Gasteiger partial charge in [0.15, 0.2) is 0 Å². The van der Waals surface area contributed by atoms with Crippen LogP contribution in [0.15, 0.2) is 42.6 Å². The molecule has 0 spiro atoms. The lowest BCUT2D eigenvalue weighted by Crippen LogP contribution is -2.28. The molecule has 0 bridgehead atoms. The number of aromatic carboxylic acids is 1. The number of H-pyrrole nitrogens is 1. The minimum Gasteiger partial charge on any atom is -0.478 e. The normalized spacial score (nSPS) is 25.2. The van der Waals surface area contributed by atoms with Gasteiger partial charge >= 0.3 is 5.97 Å². The van der Waals surface area contributed by atoms with E-state index in [1.807, 2.05) is 6.20 Å². The van der Waals surface area contributed by atoms with Gasteiger partial charge in [0, 0.05) is 49.1 Å². The third-order valence-electron chi connectivity index (χ3n) is 7.20. The van der Waals surface area contributed by atoms with E-state index in [2.05, 4.69) is 35.9 Å². The number of aromatic nitrogens is 1. The van der Waals surface area contributed by atoms with E-state index in [1.54, 1.807) is 24.3 Å². The number of nitrogens with one attached hydrogen (secondary N) is 1. The number of alkyl halides is 2. The predicted molar refractivity (Wildman–Crippen MR) is 115 cm³/mol. The number of carboxylic acid groups (broad SMARTS) is 1. The molecule has 4 nitrogen and oxygen atoms in total. The number of aromatic amines is 1. The highest BCUT2D eigenvalue weighted by Gasteiger charge is 2.54. The van der Waals surface area contributed by atoms with Gasteiger partial charge in [0.2, 0.25) is 5.92 Å². The van der Waals surface area contributed by atoms with Gasteiger partial charge in [-0.15, -0.1) is 0 Å². The molecule has 2 aliphatic rings. The molecule has 2 heterocycles. The first kappa shape index (κ1) is 20.2. The summed E-state index contributed by atoms with van der Waals surface area (Å²) in [5.41, 5.74) is 5.87. The van der Waals surface area contributed by atoms with E-state index in [1.165, 1.54) is 22.1 Å². The number of hydrogen-bond donors (Lipinski definition) is 2. The van der Waals surface area contributed by atoms with Crippen LogP contribution in [0, 0.1) is 25.7 Å².